The van der Waals surface area contributed by atoms with E-state index in [4.69, 9.17) is 5.73 Å². The van der Waals surface area contributed by atoms with E-state index in [1.807, 2.05) is 35.8 Å². The van der Waals surface area contributed by atoms with Gasteiger partial charge in [0.05, 0.1) is 6.54 Å². The fraction of sp³-hybridized carbons (Fsp3) is 0.200. The van der Waals surface area contributed by atoms with Crippen LogP contribution in [0.2, 0.25) is 0 Å². The van der Waals surface area contributed by atoms with Gasteiger partial charge in [-0.05, 0) is 31.2 Å². The summed E-state index contributed by atoms with van der Waals surface area (Å²) < 4.78 is 3.00. The van der Waals surface area contributed by atoms with Crippen LogP contribution in [0, 0.1) is 6.92 Å². The molecule has 0 saturated heterocycles. The molecule has 2 N–H and O–H groups in total. The summed E-state index contributed by atoms with van der Waals surface area (Å²) in [7, 11) is 0. The van der Waals surface area contributed by atoms with Crippen LogP contribution >= 0.6 is 15.9 Å². The van der Waals surface area contributed by atoms with Gasteiger partial charge >= 0.3 is 0 Å². The molecule has 0 bridgehead atoms. The van der Waals surface area contributed by atoms with E-state index in [0.29, 0.717) is 6.54 Å². The Balaban J connectivity index is 2.52. The topological polar surface area (TPSA) is 56.7 Å². The van der Waals surface area contributed by atoms with E-state index in [0.717, 1.165) is 21.8 Å². The maximum Gasteiger partial charge on any atom is 0.151 e. The number of rotatable bonds is 2. The Bertz CT molecular complexity index is 461. The summed E-state index contributed by atoms with van der Waals surface area (Å²) in [6, 6.07) is 7.96. The fourth-order valence-electron chi connectivity index (χ4n) is 1.46. The van der Waals surface area contributed by atoms with Crippen LogP contribution in [0.4, 0.5) is 0 Å². The molecule has 0 radical (unpaired) electrons. The molecule has 0 atom stereocenters. The third-order valence-corrected chi connectivity index (χ3v) is 2.69. The number of hydrogen-bond donors (Lipinski definition) is 1. The van der Waals surface area contributed by atoms with Crippen LogP contribution in [-0.4, -0.2) is 14.8 Å². The summed E-state index contributed by atoms with van der Waals surface area (Å²) in [5.41, 5.74) is 6.63. The standard InChI is InChI=1S/C10H11BrN4/c1-7-13-14-10(6-12)15(7)9-4-2-8(11)3-5-9/h2-5H,6,12H2,1H3. The molecule has 0 fully saturated rings. The van der Waals surface area contributed by atoms with Gasteiger partial charge in [0.1, 0.15) is 5.82 Å². The average molecular weight is 267 g/mol. The number of nitrogens with zero attached hydrogens (tertiary/aromatic N) is 3. The molecule has 0 amide bonds. The predicted octanol–water partition coefficient (Wildman–Crippen LogP) is 1.80. The molecule has 1 aromatic carbocycles. The Labute approximate surface area is 96.3 Å². The van der Waals surface area contributed by atoms with Crippen molar-refractivity contribution in [1.29, 1.82) is 0 Å². The zero-order chi connectivity index (χ0) is 10.8. The van der Waals surface area contributed by atoms with Crippen molar-refractivity contribution in [3.05, 3.63) is 40.4 Å². The van der Waals surface area contributed by atoms with E-state index >= 15 is 0 Å². The molecular formula is C10H11BrN4. The molecule has 0 aliphatic carbocycles. The van der Waals surface area contributed by atoms with E-state index in [1.165, 1.54) is 0 Å². The van der Waals surface area contributed by atoms with Crippen LogP contribution in [0.25, 0.3) is 5.69 Å². The Morgan fingerprint density at radius 3 is 2.53 bits per heavy atom. The van der Waals surface area contributed by atoms with Crippen LogP contribution in [0.3, 0.4) is 0 Å². The van der Waals surface area contributed by atoms with Gasteiger partial charge in [0.2, 0.25) is 0 Å². The van der Waals surface area contributed by atoms with Gasteiger partial charge in [0, 0.05) is 10.2 Å². The summed E-state index contributed by atoms with van der Waals surface area (Å²) in [6.45, 7) is 2.30. The van der Waals surface area contributed by atoms with Crippen molar-refractivity contribution in [2.24, 2.45) is 5.73 Å². The number of hydrogen-bond acceptors (Lipinski definition) is 3. The lowest BCUT2D eigenvalue weighted by Gasteiger charge is -2.07. The van der Waals surface area contributed by atoms with Crippen molar-refractivity contribution in [2.45, 2.75) is 13.5 Å². The van der Waals surface area contributed by atoms with Gasteiger partial charge in [-0.1, -0.05) is 15.9 Å². The monoisotopic (exact) mass is 266 g/mol. The maximum absolute atomic E-state index is 5.60. The number of aryl methyl sites for hydroxylation is 1. The summed E-state index contributed by atoms with van der Waals surface area (Å²) in [5, 5.41) is 8.02. The van der Waals surface area contributed by atoms with Gasteiger partial charge in [-0.15, -0.1) is 10.2 Å². The lowest BCUT2D eigenvalue weighted by molar-refractivity contribution is 0.850. The zero-order valence-electron chi connectivity index (χ0n) is 8.31. The van der Waals surface area contributed by atoms with E-state index in [-0.39, 0.29) is 0 Å². The van der Waals surface area contributed by atoms with Crippen LogP contribution in [0.15, 0.2) is 28.7 Å². The van der Waals surface area contributed by atoms with Crippen LogP contribution in [-0.2, 0) is 6.54 Å². The Morgan fingerprint density at radius 1 is 1.27 bits per heavy atom. The molecule has 0 unspecified atom stereocenters. The summed E-state index contributed by atoms with van der Waals surface area (Å²) in [6.07, 6.45) is 0. The highest BCUT2D eigenvalue weighted by Gasteiger charge is 2.08. The summed E-state index contributed by atoms with van der Waals surface area (Å²) >= 11 is 3.40. The normalized spacial score (nSPS) is 10.6. The highest BCUT2D eigenvalue weighted by Crippen LogP contribution is 2.16. The molecule has 2 rings (SSSR count). The third kappa shape index (κ3) is 1.93. The second-order valence-corrected chi connectivity index (χ2v) is 4.10. The predicted molar refractivity (Wildman–Crippen MR) is 61.7 cm³/mol. The number of aromatic nitrogens is 3. The molecule has 2 aromatic rings. The number of halogens is 1. The molecule has 1 aromatic heterocycles. The molecule has 0 aliphatic heterocycles. The molecule has 4 nitrogen and oxygen atoms in total. The molecule has 15 heavy (non-hydrogen) atoms. The van der Waals surface area contributed by atoms with Crippen molar-refractivity contribution in [3.8, 4) is 5.69 Å². The first-order valence-electron chi connectivity index (χ1n) is 4.59. The van der Waals surface area contributed by atoms with Crippen molar-refractivity contribution in [1.82, 2.24) is 14.8 Å². The van der Waals surface area contributed by atoms with E-state index < -0.39 is 0 Å². The fourth-order valence-corrected chi connectivity index (χ4v) is 1.73. The van der Waals surface area contributed by atoms with Crippen LogP contribution in [0.5, 0.6) is 0 Å². The lowest BCUT2D eigenvalue weighted by atomic mass is 10.3. The smallest absolute Gasteiger partial charge is 0.151 e. The first-order valence-corrected chi connectivity index (χ1v) is 5.38. The van der Waals surface area contributed by atoms with Crippen molar-refractivity contribution in [3.63, 3.8) is 0 Å². The molecule has 1 heterocycles. The average Bonchev–Trinajstić information content (AvgIpc) is 2.61. The van der Waals surface area contributed by atoms with Gasteiger partial charge in [-0.3, -0.25) is 4.57 Å². The second-order valence-electron chi connectivity index (χ2n) is 3.18. The number of nitrogens with two attached hydrogens (primary N) is 1. The highest BCUT2D eigenvalue weighted by atomic mass is 79.9. The molecule has 78 valence electrons. The SMILES string of the molecule is Cc1nnc(CN)n1-c1ccc(Br)cc1. The molecule has 0 saturated carbocycles. The lowest BCUT2D eigenvalue weighted by Crippen LogP contribution is -2.07. The maximum atomic E-state index is 5.60. The minimum Gasteiger partial charge on any atom is -0.324 e. The van der Waals surface area contributed by atoms with Crippen LogP contribution < -0.4 is 5.73 Å². The van der Waals surface area contributed by atoms with Crippen molar-refractivity contribution >= 4 is 15.9 Å². The minimum absolute atomic E-state index is 0.386. The van der Waals surface area contributed by atoms with Gasteiger partial charge < -0.3 is 5.73 Å². The summed E-state index contributed by atoms with van der Waals surface area (Å²) in [4.78, 5) is 0. The first kappa shape index (κ1) is 10.3. The van der Waals surface area contributed by atoms with Gasteiger partial charge in [-0.25, -0.2) is 0 Å². The largest absolute Gasteiger partial charge is 0.324 e. The van der Waals surface area contributed by atoms with Crippen molar-refractivity contribution in [2.75, 3.05) is 0 Å². The Kier molecular flexibility index (Phi) is 2.83. The third-order valence-electron chi connectivity index (χ3n) is 2.16. The van der Waals surface area contributed by atoms with Crippen LogP contribution in [0.1, 0.15) is 11.6 Å². The molecule has 0 aliphatic rings. The number of benzene rings is 1. The van der Waals surface area contributed by atoms with Gasteiger partial charge in [-0.2, -0.15) is 0 Å². The molecule has 0 spiro atoms. The first-order chi connectivity index (χ1) is 7.22. The van der Waals surface area contributed by atoms with Gasteiger partial charge in [0.25, 0.3) is 0 Å². The van der Waals surface area contributed by atoms with E-state index in [1.54, 1.807) is 0 Å². The molecule has 5 heteroatoms. The van der Waals surface area contributed by atoms with Gasteiger partial charge in [0.15, 0.2) is 5.82 Å². The highest BCUT2D eigenvalue weighted by molar-refractivity contribution is 9.10. The van der Waals surface area contributed by atoms with Crippen molar-refractivity contribution < 1.29 is 0 Å². The Morgan fingerprint density at radius 2 is 1.93 bits per heavy atom. The zero-order valence-corrected chi connectivity index (χ0v) is 9.90. The summed E-state index contributed by atoms with van der Waals surface area (Å²) in [5.74, 6) is 1.62. The van der Waals surface area contributed by atoms with E-state index in [9.17, 15) is 0 Å². The minimum atomic E-state index is 0.386. The molecular weight excluding hydrogens is 256 g/mol. The Hall–Kier alpha value is -1.20. The van der Waals surface area contributed by atoms with E-state index in [2.05, 4.69) is 26.1 Å². The quantitative estimate of drug-likeness (QED) is 0.902. The second kappa shape index (κ2) is 4.12.